The molecule has 0 radical (unpaired) electrons. The van der Waals surface area contributed by atoms with E-state index in [4.69, 9.17) is 13.9 Å². The van der Waals surface area contributed by atoms with Crippen LogP contribution in [0.4, 0.5) is 0 Å². The van der Waals surface area contributed by atoms with Crippen LogP contribution in [0.2, 0.25) is 0 Å². The first-order valence-electron chi connectivity index (χ1n) is 9.56. The zero-order valence-corrected chi connectivity index (χ0v) is 18.4. The number of hydrogen-bond acceptors (Lipinski definition) is 7. The fourth-order valence-electron chi connectivity index (χ4n) is 2.93. The zero-order chi connectivity index (χ0) is 23.0. The summed E-state index contributed by atoms with van der Waals surface area (Å²) in [6.07, 6.45) is 2.83. The predicted octanol–water partition coefficient (Wildman–Crippen LogP) is 2.64. The molecule has 2 aromatic carbocycles. The highest BCUT2D eigenvalue weighted by atomic mass is 32.2. The number of methoxy groups -OCH3 is 2. The van der Waals surface area contributed by atoms with E-state index < -0.39 is 22.5 Å². The molecule has 0 aliphatic rings. The SMILES string of the molecule is COc1cccc(/C=N\NC(=O)CN(Cc2ccco2)S(=O)(=O)c2ccccc2)c1OC. The van der Waals surface area contributed by atoms with Crippen molar-refractivity contribution in [2.45, 2.75) is 11.4 Å². The Balaban J connectivity index is 1.75. The molecule has 32 heavy (non-hydrogen) atoms. The molecular formula is C22H23N3O6S. The van der Waals surface area contributed by atoms with Gasteiger partial charge in [0.2, 0.25) is 10.0 Å². The van der Waals surface area contributed by atoms with E-state index in [2.05, 4.69) is 10.5 Å². The van der Waals surface area contributed by atoms with E-state index in [0.717, 1.165) is 4.31 Å². The van der Waals surface area contributed by atoms with Gasteiger partial charge in [0.1, 0.15) is 5.76 Å². The molecule has 0 atom stereocenters. The second kappa shape index (κ2) is 10.6. The fourth-order valence-corrected chi connectivity index (χ4v) is 4.31. The topological polar surface area (TPSA) is 110 Å². The Kier molecular flexibility index (Phi) is 7.63. The molecule has 1 heterocycles. The number of para-hydroxylation sites is 1. The van der Waals surface area contributed by atoms with Crippen molar-refractivity contribution in [1.82, 2.24) is 9.73 Å². The van der Waals surface area contributed by atoms with Crippen LogP contribution in [0.15, 0.2) is 81.3 Å². The minimum atomic E-state index is -3.94. The summed E-state index contributed by atoms with van der Waals surface area (Å²) in [5, 5.41) is 3.93. The minimum Gasteiger partial charge on any atom is -0.493 e. The third-order valence-electron chi connectivity index (χ3n) is 4.44. The predicted molar refractivity (Wildman–Crippen MR) is 118 cm³/mol. The summed E-state index contributed by atoms with van der Waals surface area (Å²) < 4.78 is 43.0. The molecule has 0 unspecified atom stereocenters. The van der Waals surface area contributed by atoms with Crippen molar-refractivity contribution < 1.29 is 27.1 Å². The maximum atomic E-state index is 13.1. The molecule has 1 aromatic heterocycles. The number of benzene rings is 2. The number of hydrazone groups is 1. The summed E-state index contributed by atoms with van der Waals surface area (Å²) in [5.74, 6) is 0.761. The van der Waals surface area contributed by atoms with Gasteiger partial charge in [0.15, 0.2) is 11.5 Å². The van der Waals surface area contributed by atoms with Gasteiger partial charge in [-0.05, 0) is 36.4 Å². The standard InChI is InChI=1S/C22H23N3O6S/c1-29-20-12-6-8-17(22(20)30-2)14-23-24-21(26)16-25(15-18-9-7-13-31-18)32(27,28)19-10-4-3-5-11-19/h3-14H,15-16H2,1-2H3,(H,24,26)/b23-14-. The molecule has 168 valence electrons. The van der Waals surface area contributed by atoms with Gasteiger partial charge in [-0.15, -0.1) is 0 Å². The van der Waals surface area contributed by atoms with Crippen LogP contribution in [-0.4, -0.2) is 45.6 Å². The largest absolute Gasteiger partial charge is 0.493 e. The Morgan fingerprint density at radius 1 is 1.06 bits per heavy atom. The minimum absolute atomic E-state index is 0.0731. The molecule has 0 bridgehead atoms. The molecule has 0 spiro atoms. The van der Waals surface area contributed by atoms with Crippen molar-refractivity contribution in [3.05, 3.63) is 78.3 Å². The highest BCUT2D eigenvalue weighted by Crippen LogP contribution is 2.29. The number of nitrogens with one attached hydrogen (secondary N) is 1. The van der Waals surface area contributed by atoms with Crippen molar-refractivity contribution in [2.75, 3.05) is 20.8 Å². The average Bonchev–Trinajstić information content (AvgIpc) is 3.32. The highest BCUT2D eigenvalue weighted by molar-refractivity contribution is 7.89. The average molecular weight is 458 g/mol. The van der Waals surface area contributed by atoms with E-state index in [1.807, 2.05) is 0 Å². The molecular weight excluding hydrogens is 434 g/mol. The summed E-state index contributed by atoms with van der Waals surface area (Å²) >= 11 is 0. The Morgan fingerprint density at radius 3 is 2.50 bits per heavy atom. The van der Waals surface area contributed by atoms with Gasteiger partial charge < -0.3 is 13.9 Å². The number of carbonyl (C=O) groups is 1. The third kappa shape index (κ3) is 5.54. The van der Waals surface area contributed by atoms with Gasteiger partial charge >= 0.3 is 0 Å². The normalized spacial score (nSPS) is 11.6. The number of nitrogens with zero attached hydrogens (tertiary/aromatic N) is 2. The molecule has 1 N–H and O–H groups in total. The molecule has 0 saturated heterocycles. The maximum Gasteiger partial charge on any atom is 0.255 e. The van der Waals surface area contributed by atoms with Crippen molar-refractivity contribution in [2.24, 2.45) is 5.10 Å². The number of sulfonamides is 1. The second-order valence-corrected chi connectivity index (χ2v) is 8.48. The van der Waals surface area contributed by atoms with Crippen LogP contribution in [-0.2, 0) is 21.4 Å². The zero-order valence-electron chi connectivity index (χ0n) is 17.6. The molecule has 0 saturated carbocycles. The molecule has 0 aliphatic heterocycles. The second-order valence-electron chi connectivity index (χ2n) is 6.54. The molecule has 3 rings (SSSR count). The van der Waals surface area contributed by atoms with E-state index in [0.29, 0.717) is 22.8 Å². The lowest BCUT2D eigenvalue weighted by Crippen LogP contribution is -2.39. The van der Waals surface area contributed by atoms with Gasteiger partial charge in [0.25, 0.3) is 5.91 Å². The summed E-state index contributed by atoms with van der Waals surface area (Å²) in [4.78, 5) is 12.6. The molecule has 0 aliphatic carbocycles. The maximum absolute atomic E-state index is 13.1. The van der Waals surface area contributed by atoms with Crippen molar-refractivity contribution in [1.29, 1.82) is 0 Å². The summed E-state index contributed by atoms with van der Waals surface area (Å²) in [6.45, 7) is -0.560. The lowest BCUT2D eigenvalue weighted by Gasteiger charge is -2.20. The van der Waals surface area contributed by atoms with Crippen molar-refractivity contribution in [3.63, 3.8) is 0 Å². The highest BCUT2D eigenvalue weighted by Gasteiger charge is 2.27. The Labute approximate surface area is 186 Å². The molecule has 9 nitrogen and oxygen atoms in total. The number of rotatable bonds is 10. The quantitative estimate of drug-likeness (QED) is 0.370. The van der Waals surface area contributed by atoms with E-state index in [1.165, 1.54) is 38.8 Å². The number of ether oxygens (including phenoxy) is 2. The van der Waals surface area contributed by atoms with Gasteiger partial charge in [-0.3, -0.25) is 4.79 Å². The Morgan fingerprint density at radius 2 is 1.84 bits per heavy atom. The van der Waals surface area contributed by atoms with E-state index >= 15 is 0 Å². The smallest absolute Gasteiger partial charge is 0.255 e. The Hall–Kier alpha value is -3.63. The molecule has 10 heteroatoms. The lowest BCUT2D eigenvalue weighted by atomic mass is 10.2. The van der Waals surface area contributed by atoms with Crippen molar-refractivity contribution >= 4 is 22.1 Å². The number of amides is 1. The van der Waals surface area contributed by atoms with Crippen LogP contribution in [0.3, 0.4) is 0 Å². The Bertz CT molecular complexity index is 1160. The van der Waals surface area contributed by atoms with Crippen LogP contribution in [0, 0.1) is 0 Å². The van der Waals surface area contributed by atoms with Gasteiger partial charge in [-0.1, -0.05) is 24.3 Å². The first kappa shape index (κ1) is 23.0. The van der Waals surface area contributed by atoms with Crippen LogP contribution in [0.1, 0.15) is 11.3 Å². The van der Waals surface area contributed by atoms with Crippen LogP contribution < -0.4 is 14.9 Å². The first-order valence-corrected chi connectivity index (χ1v) is 11.0. The molecule has 0 fully saturated rings. The fraction of sp³-hybridized carbons (Fsp3) is 0.182. The van der Waals surface area contributed by atoms with Gasteiger partial charge in [-0.25, -0.2) is 13.8 Å². The number of carbonyl (C=O) groups excluding carboxylic acids is 1. The summed E-state index contributed by atoms with van der Waals surface area (Å²) in [5.41, 5.74) is 2.93. The third-order valence-corrected chi connectivity index (χ3v) is 6.25. The number of hydrogen-bond donors (Lipinski definition) is 1. The monoisotopic (exact) mass is 457 g/mol. The van der Waals surface area contributed by atoms with E-state index in [9.17, 15) is 13.2 Å². The van der Waals surface area contributed by atoms with Gasteiger partial charge in [0, 0.05) is 5.56 Å². The van der Waals surface area contributed by atoms with E-state index in [-0.39, 0.29) is 11.4 Å². The van der Waals surface area contributed by atoms with E-state index in [1.54, 1.807) is 48.5 Å². The van der Waals surface area contributed by atoms with Crippen LogP contribution in [0.5, 0.6) is 11.5 Å². The summed E-state index contributed by atoms with van der Waals surface area (Å²) in [6, 6.07) is 16.4. The summed E-state index contributed by atoms with van der Waals surface area (Å²) in [7, 11) is -0.935. The lowest BCUT2D eigenvalue weighted by molar-refractivity contribution is -0.121. The van der Waals surface area contributed by atoms with Gasteiger partial charge in [0.05, 0.1) is 44.7 Å². The van der Waals surface area contributed by atoms with Gasteiger partial charge in [-0.2, -0.15) is 9.41 Å². The van der Waals surface area contributed by atoms with Crippen LogP contribution in [0.25, 0.3) is 0 Å². The number of furan rings is 1. The molecule has 3 aromatic rings. The first-order chi connectivity index (χ1) is 15.5. The van der Waals surface area contributed by atoms with Crippen LogP contribution >= 0.6 is 0 Å². The van der Waals surface area contributed by atoms with Crippen molar-refractivity contribution in [3.8, 4) is 11.5 Å². The molecule has 1 amide bonds.